The normalized spacial score (nSPS) is 11.3. The van der Waals surface area contributed by atoms with E-state index in [-0.39, 0.29) is 4.90 Å². The van der Waals surface area contributed by atoms with Crippen molar-refractivity contribution in [2.45, 2.75) is 18.7 Å². The number of para-hydroxylation sites is 1. The van der Waals surface area contributed by atoms with Crippen molar-refractivity contribution >= 4 is 21.4 Å². The summed E-state index contributed by atoms with van der Waals surface area (Å²) in [5, 5.41) is 7.17. The second-order valence-corrected chi connectivity index (χ2v) is 6.08. The van der Waals surface area contributed by atoms with Crippen molar-refractivity contribution in [2.24, 2.45) is 7.05 Å². The summed E-state index contributed by atoms with van der Waals surface area (Å²) in [6.07, 6.45) is 1.64. The van der Waals surface area contributed by atoms with Gasteiger partial charge in [-0.3, -0.25) is 9.40 Å². The van der Waals surface area contributed by atoms with E-state index in [2.05, 4.69) is 15.1 Å². The molecule has 0 unspecified atom stereocenters. The van der Waals surface area contributed by atoms with Crippen molar-refractivity contribution in [3.05, 3.63) is 36.2 Å². The van der Waals surface area contributed by atoms with Gasteiger partial charge < -0.3 is 5.32 Å². The quantitative estimate of drug-likeness (QED) is 0.884. The molecule has 108 valence electrons. The second-order valence-electron chi connectivity index (χ2n) is 4.43. The van der Waals surface area contributed by atoms with E-state index in [9.17, 15) is 8.42 Å². The van der Waals surface area contributed by atoms with Crippen molar-refractivity contribution in [3.63, 3.8) is 0 Å². The van der Waals surface area contributed by atoms with Crippen LogP contribution < -0.4 is 10.0 Å². The van der Waals surface area contributed by atoms with Crippen molar-refractivity contribution in [1.82, 2.24) is 9.78 Å². The Hall–Kier alpha value is -2.02. The molecular weight excluding hydrogens is 276 g/mol. The number of nitrogens with zero attached hydrogens (tertiary/aromatic N) is 2. The first-order valence-corrected chi connectivity index (χ1v) is 7.78. The van der Waals surface area contributed by atoms with E-state index in [0.29, 0.717) is 23.6 Å². The Bertz CT molecular complexity index is 707. The first-order valence-electron chi connectivity index (χ1n) is 6.30. The van der Waals surface area contributed by atoms with Crippen LogP contribution in [0.1, 0.15) is 12.6 Å². The highest BCUT2D eigenvalue weighted by molar-refractivity contribution is 7.92. The number of rotatable bonds is 5. The third-order valence-electron chi connectivity index (χ3n) is 2.80. The Balaban J connectivity index is 2.38. The molecule has 0 aliphatic rings. The van der Waals surface area contributed by atoms with Crippen molar-refractivity contribution < 1.29 is 8.42 Å². The molecule has 0 spiro atoms. The lowest BCUT2D eigenvalue weighted by molar-refractivity contribution is 0.601. The van der Waals surface area contributed by atoms with Gasteiger partial charge in [-0.25, -0.2) is 8.42 Å². The van der Waals surface area contributed by atoms with Gasteiger partial charge in [0.05, 0.1) is 17.1 Å². The lowest BCUT2D eigenvalue weighted by Gasteiger charge is -2.12. The third kappa shape index (κ3) is 2.93. The predicted octanol–water partition coefficient (Wildman–Crippen LogP) is 1.96. The highest BCUT2D eigenvalue weighted by Gasteiger charge is 2.19. The zero-order valence-electron chi connectivity index (χ0n) is 11.7. The minimum atomic E-state index is -3.64. The summed E-state index contributed by atoms with van der Waals surface area (Å²) in [7, 11) is -1.89. The maximum Gasteiger partial charge on any atom is 0.264 e. The Morgan fingerprint density at radius 1 is 1.25 bits per heavy atom. The molecule has 0 fully saturated rings. The molecule has 2 aromatic rings. The molecule has 6 nitrogen and oxygen atoms in total. The molecule has 0 amide bonds. The maximum atomic E-state index is 12.5. The Labute approximate surface area is 118 Å². The number of hydrogen-bond acceptors (Lipinski definition) is 4. The van der Waals surface area contributed by atoms with E-state index in [1.54, 1.807) is 49.1 Å². The van der Waals surface area contributed by atoms with Gasteiger partial charge in [0.15, 0.2) is 0 Å². The molecule has 2 rings (SSSR count). The van der Waals surface area contributed by atoms with Gasteiger partial charge in [-0.15, -0.1) is 0 Å². The molecule has 0 atom stereocenters. The number of nitrogens with one attached hydrogen (secondary N) is 2. The SMILES string of the molecule is CCNc1ccccc1S(=O)(=O)Nc1cn(C)nc1C. The van der Waals surface area contributed by atoms with Crippen LogP contribution in [0.25, 0.3) is 0 Å². The molecule has 2 N–H and O–H groups in total. The summed E-state index contributed by atoms with van der Waals surface area (Å²) in [5.41, 5.74) is 1.71. The predicted molar refractivity (Wildman–Crippen MR) is 79.4 cm³/mol. The molecule has 0 saturated carbocycles. The smallest absolute Gasteiger partial charge is 0.264 e. The molecule has 0 radical (unpaired) electrons. The largest absolute Gasteiger partial charge is 0.384 e. The Kier molecular flexibility index (Phi) is 3.99. The molecule has 20 heavy (non-hydrogen) atoms. The summed E-state index contributed by atoms with van der Waals surface area (Å²) >= 11 is 0. The minimum Gasteiger partial charge on any atom is -0.384 e. The Morgan fingerprint density at radius 2 is 1.95 bits per heavy atom. The van der Waals surface area contributed by atoms with Gasteiger partial charge in [-0.05, 0) is 26.0 Å². The van der Waals surface area contributed by atoms with Gasteiger partial charge in [0.25, 0.3) is 10.0 Å². The summed E-state index contributed by atoms with van der Waals surface area (Å²) in [4.78, 5) is 0.227. The fourth-order valence-corrected chi connectivity index (χ4v) is 3.22. The summed E-state index contributed by atoms with van der Waals surface area (Å²) in [6, 6.07) is 6.82. The van der Waals surface area contributed by atoms with Crippen LogP contribution in [0.15, 0.2) is 35.4 Å². The van der Waals surface area contributed by atoms with E-state index < -0.39 is 10.0 Å². The van der Waals surface area contributed by atoms with Crippen LogP contribution in [0.3, 0.4) is 0 Å². The topological polar surface area (TPSA) is 76.0 Å². The van der Waals surface area contributed by atoms with E-state index >= 15 is 0 Å². The first-order chi connectivity index (χ1) is 9.44. The van der Waals surface area contributed by atoms with Gasteiger partial charge in [-0.1, -0.05) is 12.1 Å². The molecule has 0 aliphatic heterocycles. The van der Waals surface area contributed by atoms with E-state index in [0.717, 1.165) is 0 Å². The highest BCUT2D eigenvalue weighted by Crippen LogP contribution is 2.24. The number of aromatic nitrogens is 2. The number of benzene rings is 1. The van der Waals surface area contributed by atoms with Gasteiger partial charge in [-0.2, -0.15) is 5.10 Å². The molecule has 1 aromatic carbocycles. The van der Waals surface area contributed by atoms with E-state index in [1.165, 1.54) is 0 Å². The highest BCUT2D eigenvalue weighted by atomic mass is 32.2. The fourth-order valence-electron chi connectivity index (χ4n) is 1.94. The van der Waals surface area contributed by atoms with Crippen LogP contribution in [0, 0.1) is 6.92 Å². The van der Waals surface area contributed by atoms with Crippen molar-refractivity contribution in [1.29, 1.82) is 0 Å². The summed E-state index contributed by atoms with van der Waals surface area (Å²) < 4.78 is 29.1. The first kappa shape index (κ1) is 14.4. The van der Waals surface area contributed by atoms with Gasteiger partial charge >= 0.3 is 0 Å². The molecule has 1 aromatic heterocycles. The molecule has 0 saturated heterocycles. The summed E-state index contributed by atoms with van der Waals surface area (Å²) in [6.45, 7) is 4.33. The number of hydrogen-bond donors (Lipinski definition) is 2. The fraction of sp³-hybridized carbons (Fsp3) is 0.308. The third-order valence-corrected chi connectivity index (χ3v) is 4.23. The lowest BCUT2D eigenvalue weighted by Crippen LogP contribution is -2.15. The lowest BCUT2D eigenvalue weighted by atomic mass is 10.3. The van der Waals surface area contributed by atoms with Crippen LogP contribution in [-0.4, -0.2) is 24.7 Å². The summed E-state index contributed by atoms with van der Waals surface area (Å²) in [5.74, 6) is 0. The molecular formula is C13H18N4O2S. The van der Waals surface area contributed by atoms with Crippen LogP contribution in [-0.2, 0) is 17.1 Å². The zero-order valence-corrected chi connectivity index (χ0v) is 12.5. The average Bonchev–Trinajstić information content (AvgIpc) is 2.68. The van der Waals surface area contributed by atoms with Crippen molar-refractivity contribution in [2.75, 3.05) is 16.6 Å². The molecule has 7 heteroatoms. The maximum absolute atomic E-state index is 12.5. The van der Waals surface area contributed by atoms with Gasteiger partial charge in [0.2, 0.25) is 0 Å². The van der Waals surface area contributed by atoms with Gasteiger partial charge in [0.1, 0.15) is 4.90 Å². The number of sulfonamides is 1. The number of anilines is 2. The standard InChI is InChI=1S/C13H18N4O2S/c1-4-14-11-7-5-6-8-13(11)20(18,19)16-12-9-17(3)15-10(12)2/h5-9,14,16H,4H2,1-3H3. The number of aryl methyl sites for hydroxylation is 2. The minimum absolute atomic E-state index is 0.227. The van der Waals surface area contributed by atoms with E-state index in [4.69, 9.17) is 0 Å². The second kappa shape index (κ2) is 5.54. The molecule has 1 heterocycles. The van der Waals surface area contributed by atoms with Crippen LogP contribution in [0.5, 0.6) is 0 Å². The van der Waals surface area contributed by atoms with Crippen LogP contribution in [0.2, 0.25) is 0 Å². The van der Waals surface area contributed by atoms with Crippen LogP contribution >= 0.6 is 0 Å². The van der Waals surface area contributed by atoms with Gasteiger partial charge in [0, 0.05) is 19.8 Å². The zero-order chi connectivity index (χ0) is 14.8. The van der Waals surface area contributed by atoms with E-state index in [1.807, 2.05) is 6.92 Å². The monoisotopic (exact) mass is 294 g/mol. The average molecular weight is 294 g/mol. The van der Waals surface area contributed by atoms with Crippen molar-refractivity contribution in [3.8, 4) is 0 Å². The van der Waals surface area contributed by atoms with Crippen LogP contribution in [0.4, 0.5) is 11.4 Å². The molecule has 0 bridgehead atoms. The molecule has 0 aliphatic carbocycles. The Morgan fingerprint density at radius 3 is 2.55 bits per heavy atom.